The van der Waals surface area contributed by atoms with Crippen LogP contribution in [0.1, 0.15) is 42.5 Å². The molecule has 2 aromatic rings. The molecule has 1 aliphatic carbocycles. The van der Waals surface area contributed by atoms with Crippen molar-refractivity contribution in [3.05, 3.63) is 63.9 Å². The molecule has 1 nitrogen and oxygen atoms in total. The van der Waals surface area contributed by atoms with Gasteiger partial charge in [-0.3, -0.25) is 4.79 Å². The van der Waals surface area contributed by atoms with E-state index >= 15 is 0 Å². The molecule has 1 aliphatic rings. The smallest absolute Gasteiger partial charge is 0.167 e. The van der Waals surface area contributed by atoms with Crippen LogP contribution in [0.4, 0.5) is 0 Å². The Hall–Kier alpha value is -1.67. The first kappa shape index (κ1) is 13.3. The number of thiophene rings is 1. The zero-order valence-corrected chi connectivity index (χ0v) is 12.5. The van der Waals surface area contributed by atoms with E-state index in [2.05, 4.69) is 42.6 Å². The molecule has 0 aliphatic heterocycles. The van der Waals surface area contributed by atoms with E-state index in [9.17, 15) is 4.79 Å². The first-order valence-electron chi connectivity index (χ1n) is 7.16. The first-order valence-corrected chi connectivity index (χ1v) is 8.04. The van der Waals surface area contributed by atoms with Gasteiger partial charge >= 0.3 is 0 Å². The molecule has 1 unspecified atom stereocenters. The van der Waals surface area contributed by atoms with Gasteiger partial charge in [-0.15, -0.1) is 11.3 Å². The Bertz CT molecular complexity index is 623. The van der Waals surface area contributed by atoms with Gasteiger partial charge in [0.1, 0.15) is 0 Å². The highest BCUT2D eigenvalue weighted by molar-refractivity contribution is 7.10. The fraction of sp³-hybridized carbons (Fsp3) is 0.278. The lowest BCUT2D eigenvalue weighted by atomic mass is 9.99. The molecule has 1 heterocycles. The second-order valence-corrected chi connectivity index (χ2v) is 6.19. The van der Waals surface area contributed by atoms with Crippen LogP contribution in [-0.2, 0) is 4.79 Å². The maximum absolute atomic E-state index is 12.7. The molecule has 102 valence electrons. The number of allylic oxidation sites excluding steroid dienone is 2. The molecule has 0 fully saturated rings. The van der Waals surface area contributed by atoms with Crippen LogP contribution in [-0.4, -0.2) is 5.78 Å². The molecule has 0 amide bonds. The zero-order chi connectivity index (χ0) is 13.9. The van der Waals surface area contributed by atoms with Crippen molar-refractivity contribution in [1.29, 1.82) is 0 Å². The Kier molecular flexibility index (Phi) is 3.83. The van der Waals surface area contributed by atoms with Gasteiger partial charge in [0.25, 0.3) is 0 Å². The van der Waals surface area contributed by atoms with Crippen molar-refractivity contribution in [2.75, 3.05) is 0 Å². The van der Waals surface area contributed by atoms with Crippen LogP contribution in [0.5, 0.6) is 0 Å². The third-order valence-electron chi connectivity index (χ3n) is 3.90. The molecule has 3 rings (SSSR count). The van der Waals surface area contributed by atoms with E-state index < -0.39 is 0 Å². The van der Waals surface area contributed by atoms with Gasteiger partial charge in [-0.05, 0) is 41.0 Å². The van der Waals surface area contributed by atoms with Gasteiger partial charge in [-0.25, -0.2) is 0 Å². The molecule has 0 spiro atoms. The van der Waals surface area contributed by atoms with E-state index in [-0.39, 0.29) is 5.92 Å². The fourth-order valence-corrected chi connectivity index (χ4v) is 3.78. The molecule has 0 saturated heterocycles. The summed E-state index contributed by atoms with van der Waals surface area (Å²) < 4.78 is 0. The average Bonchev–Trinajstić information content (AvgIpc) is 3.10. The van der Waals surface area contributed by atoms with E-state index in [1.165, 1.54) is 16.0 Å². The minimum absolute atomic E-state index is 0.0479. The van der Waals surface area contributed by atoms with Gasteiger partial charge in [0, 0.05) is 4.88 Å². The number of carbonyl (C=O) groups excluding carboxylic acids is 1. The summed E-state index contributed by atoms with van der Waals surface area (Å²) in [7, 11) is 0. The molecule has 1 aromatic carbocycles. The van der Waals surface area contributed by atoms with E-state index in [1.807, 2.05) is 12.1 Å². The van der Waals surface area contributed by atoms with Gasteiger partial charge in [0.15, 0.2) is 5.78 Å². The largest absolute Gasteiger partial charge is 0.294 e. The highest BCUT2D eigenvalue weighted by Crippen LogP contribution is 2.43. The quantitative estimate of drug-likeness (QED) is 0.766. The molecule has 1 atom stereocenters. The second kappa shape index (κ2) is 5.76. The van der Waals surface area contributed by atoms with E-state index in [0.29, 0.717) is 5.78 Å². The summed E-state index contributed by atoms with van der Waals surface area (Å²) in [5.74, 6) is 0.389. The van der Waals surface area contributed by atoms with Crippen LogP contribution in [0, 0.1) is 0 Å². The molecular formula is C18H18OS. The molecule has 0 bridgehead atoms. The Labute approximate surface area is 124 Å². The van der Waals surface area contributed by atoms with Gasteiger partial charge in [0.2, 0.25) is 0 Å². The third kappa shape index (κ3) is 2.36. The van der Waals surface area contributed by atoms with E-state index in [4.69, 9.17) is 0 Å². The average molecular weight is 282 g/mol. The fourth-order valence-electron chi connectivity index (χ4n) is 2.95. The maximum Gasteiger partial charge on any atom is 0.167 e. The summed E-state index contributed by atoms with van der Waals surface area (Å²) in [6.07, 6.45) is 2.78. The van der Waals surface area contributed by atoms with E-state index in [0.717, 1.165) is 24.8 Å². The van der Waals surface area contributed by atoms with Crippen LogP contribution < -0.4 is 0 Å². The summed E-state index contributed by atoms with van der Waals surface area (Å²) in [6.45, 7) is 2.14. The Morgan fingerprint density at radius 3 is 2.60 bits per heavy atom. The van der Waals surface area contributed by atoms with Crippen LogP contribution in [0.2, 0.25) is 0 Å². The van der Waals surface area contributed by atoms with Gasteiger partial charge in [-0.1, -0.05) is 49.7 Å². The Morgan fingerprint density at radius 2 is 1.95 bits per heavy atom. The highest BCUT2D eigenvalue weighted by Gasteiger charge is 2.34. The van der Waals surface area contributed by atoms with Crippen LogP contribution >= 0.6 is 11.3 Å². The number of ketones is 1. The number of Topliss-reactive ketones (excluding diaryl/α,β-unsaturated/α-hetero) is 1. The van der Waals surface area contributed by atoms with Crippen molar-refractivity contribution in [2.45, 2.75) is 32.1 Å². The first-order chi connectivity index (χ1) is 9.81. The SMILES string of the molecule is CCCC1=C(c2ccccc2)CC(c2cccs2)C1=O. The number of hydrogen-bond donors (Lipinski definition) is 0. The van der Waals surface area contributed by atoms with Gasteiger partial charge in [-0.2, -0.15) is 0 Å². The second-order valence-electron chi connectivity index (χ2n) is 5.21. The third-order valence-corrected chi connectivity index (χ3v) is 4.88. The standard InChI is InChI=1S/C18H18OS/c1-2-7-14-15(13-8-4-3-5-9-13)12-16(18(14)19)17-10-6-11-20-17/h3-6,8-11,16H,2,7,12H2,1H3. The normalized spacial score (nSPS) is 18.9. The number of rotatable bonds is 4. The predicted octanol–water partition coefficient (Wildman–Crippen LogP) is 5.06. The lowest BCUT2D eigenvalue weighted by Gasteiger charge is -2.06. The van der Waals surface area contributed by atoms with Crippen LogP contribution in [0.15, 0.2) is 53.4 Å². The van der Waals surface area contributed by atoms with Gasteiger partial charge < -0.3 is 0 Å². The van der Waals surface area contributed by atoms with Crippen molar-refractivity contribution in [2.24, 2.45) is 0 Å². The monoisotopic (exact) mass is 282 g/mol. The van der Waals surface area contributed by atoms with Crippen molar-refractivity contribution in [1.82, 2.24) is 0 Å². The summed E-state index contributed by atoms with van der Waals surface area (Å²) >= 11 is 1.69. The molecular weight excluding hydrogens is 264 g/mol. The van der Waals surface area contributed by atoms with Crippen molar-refractivity contribution < 1.29 is 4.79 Å². The summed E-state index contributed by atoms with van der Waals surface area (Å²) in [4.78, 5) is 13.9. The molecule has 2 heteroatoms. The molecule has 1 aromatic heterocycles. The zero-order valence-electron chi connectivity index (χ0n) is 11.6. The maximum atomic E-state index is 12.7. The van der Waals surface area contributed by atoms with Crippen molar-refractivity contribution in [3.8, 4) is 0 Å². The predicted molar refractivity (Wildman–Crippen MR) is 85.0 cm³/mol. The Balaban J connectivity index is 1.99. The molecule has 0 saturated carbocycles. The van der Waals surface area contributed by atoms with Crippen molar-refractivity contribution >= 4 is 22.7 Å². The summed E-state index contributed by atoms with van der Waals surface area (Å²) in [6, 6.07) is 14.5. The molecule has 0 radical (unpaired) electrons. The summed E-state index contributed by atoms with van der Waals surface area (Å²) in [5, 5.41) is 2.06. The molecule has 0 N–H and O–H groups in total. The minimum atomic E-state index is 0.0479. The Morgan fingerprint density at radius 1 is 1.15 bits per heavy atom. The molecule has 20 heavy (non-hydrogen) atoms. The van der Waals surface area contributed by atoms with E-state index in [1.54, 1.807) is 11.3 Å². The topological polar surface area (TPSA) is 17.1 Å². The van der Waals surface area contributed by atoms with Crippen LogP contribution in [0.3, 0.4) is 0 Å². The number of benzene rings is 1. The number of carbonyl (C=O) groups is 1. The van der Waals surface area contributed by atoms with Crippen molar-refractivity contribution in [3.63, 3.8) is 0 Å². The lowest BCUT2D eigenvalue weighted by Crippen LogP contribution is -2.06. The van der Waals surface area contributed by atoms with Crippen LogP contribution in [0.25, 0.3) is 5.57 Å². The highest BCUT2D eigenvalue weighted by atomic mass is 32.1. The number of hydrogen-bond acceptors (Lipinski definition) is 2. The summed E-state index contributed by atoms with van der Waals surface area (Å²) in [5.41, 5.74) is 3.52. The lowest BCUT2D eigenvalue weighted by molar-refractivity contribution is -0.116. The minimum Gasteiger partial charge on any atom is -0.294 e. The van der Waals surface area contributed by atoms with Gasteiger partial charge in [0.05, 0.1) is 5.92 Å².